The van der Waals surface area contributed by atoms with Crippen LogP contribution >= 0.6 is 11.3 Å². The SMILES string of the molecule is O=C(CNC(=O)c1cccs1)NC(CC1CCCc2ccccc21)C(=O)O. The third-order valence-corrected chi connectivity index (χ3v) is 5.67. The van der Waals surface area contributed by atoms with Gasteiger partial charge in [0.25, 0.3) is 5.91 Å². The third kappa shape index (κ3) is 4.95. The van der Waals surface area contributed by atoms with Gasteiger partial charge in [0, 0.05) is 0 Å². The predicted octanol–water partition coefficient (Wildman–Crippen LogP) is 2.56. The van der Waals surface area contributed by atoms with Gasteiger partial charge < -0.3 is 15.7 Å². The molecular weight excluding hydrogens is 364 g/mol. The van der Waals surface area contributed by atoms with E-state index in [-0.39, 0.29) is 18.4 Å². The summed E-state index contributed by atoms with van der Waals surface area (Å²) in [6.45, 7) is -0.248. The van der Waals surface area contributed by atoms with E-state index in [2.05, 4.69) is 16.7 Å². The lowest BCUT2D eigenvalue weighted by atomic mass is 9.79. The molecule has 142 valence electrons. The van der Waals surface area contributed by atoms with E-state index in [0.29, 0.717) is 11.3 Å². The molecule has 1 aliphatic rings. The summed E-state index contributed by atoms with van der Waals surface area (Å²) in [5.74, 6) is -1.79. The first-order valence-corrected chi connectivity index (χ1v) is 9.84. The molecule has 1 aromatic carbocycles. The lowest BCUT2D eigenvalue weighted by molar-refractivity contribution is -0.142. The third-order valence-electron chi connectivity index (χ3n) is 4.80. The number of aryl methyl sites for hydroxylation is 1. The van der Waals surface area contributed by atoms with Crippen molar-refractivity contribution in [2.45, 2.75) is 37.6 Å². The number of hydrogen-bond acceptors (Lipinski definition) is 4. The second kappa shape index (κ2) is 8.81. The maximum Gasteiger partial charge on any atom is 0.326 e. The summed E-state index contributed by atoms with van der Waals surface area (Å²) >= 11 is 1.28. The van der Waals surface area contributed by atoms with Crippen LogP contribution in [0.15, 0.2) is 41.8 Å². The van der Waals surface area contributed by atoms with Gasteiger partial charge in [0.05, 0.1) is 11.4 Å². The molecule has 6 nitrogen and oxygen atoms in total. The number of nitrogens with one attached hydrogen (secondary N) is 2. The number of hydrogen-bond donors (Lipinski definition) is 3. The van der Waals surface area contributed by atoms with Crippen LogP contribution in [0.5, 0.6) is 0 Å². The average Bonchev–Trinajstić information content (AvgIpc) is 3.20. The van der Waals surface area contributed by atoms with Gasteiger partial charge in [-0.25, -0.2) is 4.79 Å². The molecule has 2 unspecified atom stereocenters. The zero-order valence-corrected chi connectivity index (χ0v) is 15.6. The monoisotopic (exact) mass is 386 g/mol. The zero-order chi connectivity index (χ0) is 19.2. The highest BCUT2D eigenvalue weighted by Gasteiger charge is 2.28. The maximum atomic E-state index is 12.1. The van der Waals surface area contributed by atoms with Crippen LogP contribution in [-0.4, -0.2) is 35.5 Å². The number of carboxylic acid groups (broad SMARTS) is 1. The van der Waals surface area contributed by atoms with E-state index in [9.17, 15) is 19.5 Å². The molecule has 0 aliphatic heterocycles. The molecule has 3 N–H and O–H groups in total. The van der Waals surface area contributed by atoms with Crippen LogP contribution in [0.25, 0.3) is 0 Å². The largest absolute Gasteiger partial charge is 0.480 e. The summed E-state index contributed by atoms with van der Waals surface area (Å²) in [6.07, 6.45) is 3.27. The van der Waals surface area contributed by atoms with Gasteiger partial charge in [-0.3, -0.25) is 9.59 Å². The van der Waals surface area contributed by atoms with E-state index in [1.807, 2.05) is 18.2 Å². The minimum atomic E-state index is -1.06. The number of carbonyl (C=O) groups is 3. The molecule has 1 aromatic heterocycles. The maximum absolute atomic E-state index is 12.1. The highest BCUT2D eigenvalue weighted by Crippen LogP contribution is 2.34. The van der Waals surface area contributed by atoms with Gasteiger partial charge in [0.15, 0.2) is 0 Å². The van der Waals surface area contributed by atoms with Crippen LogP contribution in [0.2, 0.25) is 0 Å². The van der Waals surface area contributed by atoms with Gasteiger partial charge in [-0.15, -0.1) is 11.3 Å². The molecule has 0 radical (unpaired) electrons. The molecule has 2 atom stereocenters. The van der Waals surface area contributed by atoms with Crippen molar-refractivity contribution in [1.29, 1.82) is 0 Å². The number of thiophene rings is 1. The predicted molar refractivity (Wildman–Crippen MR) is 103 cm³/mol. The van der Waals surface area contributed by atoms with Crippen molar-refractivity contribution in [3.05, 3.63) is 57.8 Å². The fourth-order valence-corrected chi connectivity index (χ4v) is 4.15. The standard InChI is InChI=1S/C20H22N2O4S/c23-18(12-21-19(24)17-9-4-10-27-17)22-16(20(25)26)11-14-7-3-6-13-5-1-2-8-15(13)14/h1-2,4-5,8-10,14,16H,3,6-7,11-12H2,(H,21,24)(H,22,23)(H,25,26). The van der Waals surface area contributed by atoms with Gasteiger partial charge in [-0.2, -0.15) is 0 Å². The molecule has 0 saturated carbocycles. The van der Waals surface area contributed by atoms with Crippen LogP contribution in [0, 0.1) is 0 Å². The van der Waals surface area contributed by atoms with Crippen molar-refractivity contribution in [3.8, 4) is 0 Å². The van der Waals surface area contributed by atoms with Crippen LogP contribution in [0.1, 0.15) is 46.0 Å². The van der Waals surface area contributed by atoms with Crippen molar-refractivity contribution < 1.29 is 19.5 Å². The summed E-state index contributed by atoms with van der Waals surface area (Å²) in [7, 11) is 0. The molecule has 0 bridgehead atoms. The Hall–Kier alpha value is -2.67. The van der Waals surface area contributed by atoms with Crippen LogP contribution in [0.4, 0.5) is 0 Å². The minimum absolute atomic E-state index is 0.108. The lowest BCUT2D eigenvalue weighted by Crippen LogP contribution is -2.46. The average molecular weight is 386 g/mol. The Bertz CT molecular complexity index is 819. The van der Waals surface area contributed by atoms with Gasteiger partial charge in [-0.1, -0.05) is 30.3 Å². The van der Waals surface area contributed by atoms with Crippen LogP contribution in [0.3, 0.4) is 0 Å². The molecule has 0 spiro atoms. The van der Waals surface area contributed by atoms with E-state index in [4.69, 9.17) is 0 Å². The first kappa shape index (κ1) is 19.1. The fourth-order valence-electron chi connectivity index (χ4n) is 3.51. The number of fused-ring (bicyclic) bond motifs is 1. The normalized spacial score (nSPS) is 16.8. The molecule has 2 aromatic rings. The quantitative estimate of drug-likeness (QED) is 0.681. The molecule has 27 heavy (non-hydrogen) atoms. The highest BCUT2D eigenvalue weighted by atomic mass is 32.1. The Morgan fingerprint density at radius 1 is 1.19 bits per heavy atom. The van der Waals surface area contributed by atoms with E-state index in [1.165, 1.54) is 22.5 Å². The second-order valence-electron chi connectivity index (χ2n) is 6.64. The van der Waals surface area contributed by atoms with E-state index in [1.54, 1.807) is 17.5 Å². The first-order valence-electron chi connectivity index (χ1n) is 8.96. The van der Waals surface area contributed by atoms with Gasteiger partial charge in [-0.05, 0) is 54.2 Å². The van der Waals surface area contributed by atoms with Crippen LogP contribution in [-0.2, 0) is 16.0 Å². The Labute approximate surface area is 161 Å². The molecule has 0 saturated heterocycles. The highest BCUT2D eigenvalue weighted by molar-refractivity contribution is 7.12. The smallest absolute Gasteiger partial charge is 0.326 e. The Morgan fingerprint density at radius 2 is 2.00 bits per heavy atom. The first-order chi connectivity index (χ1) is 13.0. The summed E-state index contributed by atoms with van der Waals surface area (Å²) in [4.78, 5) is 36.2. The Morgan fingerprint density at radius 3 is 2.74 bits per heavy atom. The second-order valence-corrected chi connectivity index (χ2v) is 7.59. The van der Waals surface area contributed by atoms with Crippen molar-refractivity contribution in [3.63, 3.8) is 0 Å². The van der Waals surface area contributed by atoms with E-state index < -0.39 is 17.9 Å². The summed E-state index contributed by atoms with van der Waals surface area (Å²) in [5.41, 5.74) is 2.43. The van der Waals surface area contributed by atoms with Crippen molar-refractivity contribution in [1.82, 2.24) is 10.6 Å². The van der Waals surface area contributed by atoms with E-state index in [0.717, 1.165) is 19.3 Å². The van der Waals surface area contributed by atoms with Crippen LogP contribution < -0.4 is 10.6 Å². The Balaban J connectivity index is 1.57. The molecule has 3 rings (SSSR count). The molecule has 2 amide bonds. The summed E-state index contributed by atoms with van der Waals surface area (Å²) in [6, 6.07) is 10.5. The fraction of sp³-hybridized carbons (Fsp3) is 0.350. The van der Waals surface area contributed by atoms with Gasteiger partial charge in [0.1, 0.15) is 6.04 Å². The van der Waals surface area contributed by atoms with Crippen molar-refractivity contribution >= 4 is 29.1 Å². The number of amides is 2. The summed E-state index contributed by atoms with van der Waals surface area (Å²) in [5, 5.41) is 16.4. The van der Waals surface area contributed by atoms with Crippen molar-refractivity contribution in [2.24, 2.45) is 0 Å². The van der Waals surface area contributed by atoms with Crippen molar-refractivity contribution in [2.75, 3.05) is 6.54 Å². The number of rotatable bonds is 7. The number of aliphatic carboxylic acids is 1. The molecule has 1 aliphatic carbocycles. The Kier molecular flexibility index (Phi) is 6.24. The van der Waals surface area contributed by atoms with E-state index >= 15 is 0 Å². The molecule has 0 fully saturated rings. The molecule has 7 heteroatoms. The zero-order valence-electron chi connectivity index (χ0n) is 14.8. The summed E-state index contributed by atoms with van der Waals surface area (Å²) < 4.78 is 0. The number of carboxylic acids is 1. The topological polar surface area (TPSA) is 95.5 Å². The molecular formula is C20H22N2O4S. The lowest BCUT2D eigenvalue weighted by Gasteiger charge is -2.28. The minimum Gasteiger partial charge on any atom is -0.480 e. The number of benzene rings is 1. The molecule has 1 heterocycles. The number of carbonyl (C=O) groups excluding carboxylic acids is 2. The van der Waals surface area contributed by atoms with Gasteiger partial charge in [0.2, 0.25) is 5.91 Å². The van der Waals surface area contributed by atoms with Gasteiger partial charge >= 0.3 is 5.97 Å².